The SMILES string of the molecule is CCOC(=O)c1ccccc1NC(=O)C[NH+]1CCCCCC1. The molecule has 0 aliphatic carbocycles. The van der Waals surface area contributed by atoms with Gasteiger partial charge in [0.15, 0.2) is 6.54 Å². The molecular weight excluding hydrogens is 280 g/mol. The van der Waals surface area contributed by atoms with Crippen LogP contribution < -0.4 is 10.2 Å². The lowest BCUT2D eigenvalue weighted by atomic mass is 10.2. The van der Waals surface area contributed by atoms with Gasteiger partial charge in [-0.15, -0.1) is 0 Å². The normalized spacial score (nSPS) is 15.9. The van der Waals surface area contributed by atoms with E-state index >= 15 is 0 Å². The summed E-state index contributed by atoms with van der Waals surface area (Å²) in [6.07, 6.45) is 4.89. The molecule has 120 valence electrons. The van der Waals surface area contributed by atoms with E-state index in [0.717, 1.165) is 13.1 Å². The number of hydrogen-bond acceptors (Lipinski definition) is 3. The van der Waals surface area contributed by atoms with E-state index in [1.165, 1.54) is 30.6 Å². The quantitative estimate of drug-likeness (QED) is 0.805. The lowest BCUT2D eigenvalue weighted by molar-refractivity contribution is -0.890. The molecule has 1 aliphatic heterocycles. The minimum atomic E-state index is -0.402. The fourth-order valence-electron chi connectivity index (χ4n) is 2.81. The summed E-state index contributed by atoms with van der Waals surface area (Å²) in [4.78, 5) is 25.5. The topological polar surface area (TPSA) is 59.8 Å². The summed E-state index contributed by atoms with van der Waals surface area (Å²) in [6, 6.07) is 6.98. The van der Waals surface area contributed by atoms with Gasteiger partial charge in [0.25, 0.3) is 5.91 Å². The molecule has 0 unspecified atom stereocenters. The molecule has 22 heavy (non-hydrogen) atoms. The van der Waals surface area contributed by atoms with Crippen LogP contribution in [0.3, 0.4) is 0 Å². The molecule has 0 bridgehead atoms. The molecule has 0 spiro atoms. The first-order chi connectivity index (χ1) is 10.7. The van der Waals surface area contributed by atoms with Crippen molar-refractivity contribution in [1.29, 1.82) is 0 Å². The van der Waals surface area contributed by atoms with Crippen LogP contribution in [0, 0.1) is 0 Å². The molecule has 1 saturated heterocycles. The zero-order valence-electron chi connectivity index (χ0n) is 13.2. The number of amides is 1. The molecular formula is C17H25N2O3+. The number of likely N-dealkylation sites (tertiary alicyclic amines) is 1. The van der Waals surface area contributed by atoms with Crippen molar-refractivity contribution in [3.05, 3.63) is 29.8 Å². The van der Waals surface area contributed by atoms with Crippen LogP contribution in [0.15, 0.2) is 24.3 Å². The third-order valence-corrected chi connectivity index (χ3v) is 3.92. The van der Waals surface area contributed by atoms with E-state index in [4.69, 9.17) is 4.74 Å². The Morgan fingerprint density at radius 1 is 1.14 bits per heavy atom. The fraction of sp³-hybridized carbons (Fsp3) is 0.529. The monoisotopic (exact) mass is 305 g/mol. The zero-order chi connectivity index (χ0) is 15.8. The van der Waals surface area contributed by atoms with E-state index in [1.54, 1.807) is 31.2 Å². The third kappa shape index (κ3) is 4.84. The second-order valence-electron chi connectivity index (χ2n) is 5.66. The van der Waals surface area contributed by atoms with E-state index in [-0.39, 0.29) is 5.91 Å². The number of esters is 1. The van der Waals surface area contributed by atoms with Crippen molar-refractivity contribution in [2.24, 2.45) is 0 Å². The Labute approximate surface area is 131 Å². The molecule has 1 heterocycles. The maximum Gasteiger partial charge on any atom is 0.340 e. The van der Waals surface area contributed by atoms with Crippen LogP contribution in [-0.4, -0.2) is 38.1 Å². The molecule has 5 heteroatoms. The minimum absolute atomic E-state index is 0.0475. The summed E-state index contributed by atoms with van der Waals surface area (Å²) in [5.74, 6) is -0.450. The van der Waals surface area contributed by atoms with Gasteiger partial charge in [-0.05, 0) is 44.7 Å². The summed E-state index contributed by atoms with van der Waals surface area (Å²) < 4.78 is 5.02. The third-order valence-electron chi connectivity index (χ3n) is 3.92. The van der Waals surface area contributed by atoms with Gasteiger partial charge in [-0.1, -0.05) is 12.1 Å². The van der Waals surface area contributed by atoms with Crippen LogP contribution in [0.1, 0.15) is 43.0 Å². The first-order valence-corrected chi connectivity index (χ1v) is 8.10. The fourth-order valence-corrected chi connectivity index (χ4v) is 2.81. The number of benzene rings is 1. The van der Waals surface area contributed by atoms with Crippen LogP contribution in [0.25, 0.3) is 0 Å². The number of para-hydroxylation sites is 1. The van der Waals surface area contributed by atoms with E-state index in [0.29, 0.717) is 24.4 Å². The van der Waals surface area contributed by atoms with Crippen LogP contribution in [0.4, 0.5) is 5.69 Å². The molecule has 2 rings (SSSR count). The molecule has 1 amide bonds. The van der Waals surface area contributed by atoms with Gasteiger partial charge in [0.2, 0.25) is 0 Å². The maximum absolute atomic E-state index is 12.2. The van der Waals surface area contributed by atoms with Crippen molar-refractivity contribution >= 4 is 17.6 Å². The van der Waals surface area contributed by atoms with Gasteiger partial charge >= 0.3 is 5.97 Å². The van der Waals surface area contributed by atoms with E-state index in [9.17, 15) is 9.59 Å². The van der Waals surface area contributed by atoms with Crippen molar-refractivity contribution < 1.29 is 19.2 Å². The maximum atomic E-state index is 12.2. The van der Waals surface area contributed by atoms with Crippen LogP contribution in [-0.2, 0) is 9.53 Å². The van der Waals surface area contributed by atoms with Gasteiger partial charge in [0.05, 0.1) is 30.9 Å². The highest BCUT2D eigenvalue weighted by Gasteiger charge is 2.18. The molecule has 1 aliphatic rings. The average molecular weight is 305 g/mol. The van der Waals surface area contributed by atoms with Gasteiger partial charge in [0.1, 0.15) is 0 Å². The van der Waals surface area contributed by atoms with E-state index in [1.807, 2.05) is 0 Å². The smallest absolute Gasteiger partial charge is 0.340 e. The summed E-state index contributed by atoms with van der Waals surface area (Å²) in [6.45, 7) is 4.64. The first kappa shape index (κ1) is 16.5. The number of anilines is 1. The van der Waals surface area contributed by atoms with Crippen molar-refractivity contribution in [1.82, 2.24) is 0 Å². The Morgan fingerprint density at radius 3 is 2.50 bits per heavy atom. The molecule has 1 aromatic rings. The van der Waals surface area contributed by atoms with Gasteiger partial charge in [-0.2, -0.15) is 0 Å². The largest absolute Gasteiger partial charge is 0.462 e. The number of quaternary nitrogens is 1. The number of hydrogen-bond donors (Lipinski definition) is 2. The van der Waals surface area contributed by atoms with E-state index < -0.39 is 5.97 Å². The van der Waals surface area contributed by atoms with E-state index in [2.05, 4.69) is 5.32 Å². The lowest BCUT2D eigenvalue weighted by Gasteiger charge is -2.17. The summed E-state index contributed by atoms with van der Waals surface area (Å²) in [7, 11) is 0. The molecule has 0 saturated carbocycles. The highest BCUT2D eigenvalue weighted by atomic mass is 16.5. The van der Waals surface area contributed by atoms with Gasteiger partial charge in [0, 0.05) is 0 Å². The molecule has 0 aromatic heterocycles. The Bertz CT molecular complexity index is 508. The number of carbonyl (C=O) groups is 2. The minimum Gasteiger partial charge on any atom is -0.462 e. The van der Waals surface area contributed by atoms with Crippen molar-refractivity contribution in [3.63, 3.8) is 0 Å². The Hall–Kier alpha value is -1.88. The first-order valence-electron chi connectivity index (χ1n) is 8.10. The molecule has 5 nitrogen and oxygen atoms in total. The summed E-state index contributed by atoms with van der Waals surface area (Å²) in [5.41, 5.74) is 0.934. The number of rotatable bonds is 5. The summed E-state index contributed by atoms with van der Waals surface area (Å²) >= 11 is 0. The zero-order valence-corrected chi connectivity index (χ0v) is 13.2. The van der Waals surface area contributed by atoms with Gasteiger partial charge < -0.3 is 15.0 Å². The molecule has 2 N–H and O–H groups in total. The van der Waals surface area contributed by atoms with Crippen molar-refractivity contribution in [3.8, 4) is 0 Å². The highest BCUT2D eigenvalue weighted by molar-refractivity contribution is 6.01. The number of ether oxygens (including phenoxy) is 1. The van der Waals surface area contributed by atoms with Crippen molar-refractivity contribution in [2.75, 3.05) is 31.6 Å². The summed E-state index contributed by atoms with van der Waals surface area (Å²) in [5, 5.41) is 2.86. The lowest BCUT2D eigenvalue weighted by Crippen LogP contribution is -3.12. The molecule has 1 aromatic carbocycles. The Kier molecular flexibility index (Phi) is 6.40. The van der Waals surface area contributed by atoms with Crippen molar-refractivity contribution in [2.45, 2.75) is 32.6 Å². The van der Waals surface area contributed by atoms with Gasteiger partial charge in [-0.25, -0.2) is 4.79 Å². The predicted octanol–water partition coefficient (Wildman–Crippen LogP) is 1.26. The van der Waals surface area contributed by atoms with Crippen LogP contribution in [0.5, 0.6) is 0 Å². The Morgan fingerprint density at radius 2 is 1.82 bits per heavy atom. The highest BCUT2D eigenvalue weighted by Crippen LogP contribution is 2.16. The Balaban J connectivity index is 1.97. The molecule has 0 atom stereocenters. The second kappa shape index (κ2) is 8.54. The number of carbonyl (C=O) groups excluding carboxylic acids is 2. The second-order valence-corrected chi connectivity index (χ2v) is 5.66. The molecule has 0 radical (unpaired) electrons. The van der Waals surface area contributed by atoms with Gasteiger partial charge in [-0.3, -0.25) is 4.79 Å². The van der Waals surface area contributed by atoms with Crippen LogP contribution in [0.2, 0.25) is 0 Å². The van der Waals surface area contributed by atoms with Crippen LogP contribution >= 0.6 is 0 Å². The number of nitrogens with one attached hydrogen (secondary N) is 2. The standard InChI is InChI=1S/C17H24N2O3/c1-2-22-17(21)14-9-5-6-10-15(14)18-16(20)13-19-11-7-3-4-8-12-19/h5-6,9-10H,2-4,7-8,11-13H2,1H3,(H,18,20)/p+1. The molecule has 1 fully saturated rings. The average Bonchev–Trinajstić information content (AvgIpc) is 2.76. The predicted molar refractivity (Wildman–Crippen MR) is 85.1 cm³/mol.